The fourth-order valence-electron chi connectivity index (χ4n) is 1.22. The molecule has 0 saturated carbocycles. The molecule has 0 aliphatic carbocycles. The minimum Gasteiger partial charge on any atom is -0.458 e. The van der Waals surface area contributed by atoms with E-state index in [2.05, 4.69) is 46.3 Å². The van der Waals surface area contributed by atoms with Crippen LogP contribution in [0.5, 0.6) is 0 Å². The van der Waals surface area contributed by atoms with Crippen LogP contribution in [0.2, 0.25) is 0 Å². The number of rotatable bonds is 7. The Labute approximate surface area is 132 Å². The van der Waals surface area contributed by atoms with E-state index < -0.39 is 5.97 Å². The smallest absolute Gasteiger partial charge is 0.303 e. The number of ether oxygens (including phenoxy) is 1. The van der Waals surface area contributed by atoms with Crippen LogP contribution in [-0.4, -0.2) is 18.4 Å². The summed E-state index contributed by atoms with van der Waals surface area (Å²) < 4.78 is 4.31. The van der Waals surface area contributed by atoms with Gasteiger partial charge in [0, 0.05) is 6.92 Å². The lowest BCUT2D eigenvalue weighted by Gasteiger charge is -2.12. The average molecular weight is 302 g/mol. The number of carbonyl (C=O) groups is 2. The third-order valence-electron chi connectivity index (χ3n) is 3.18. The molecule has 0 aliphatic heterocycles. The third kappa shape index (κ3) is 32.6. The second-order valence-electron chi connectivity index (χ2n) is 5.74. The van der Waals surface area contributed by atoms with Gasteiger partial charge in [0.1, 0.15) is 6.61 Å². The summed E-state index contributed by atoms with van der Waals surface area (Å²) in [6.07, 6.45) is 6.72. The van der Waals surface area contributed by atoms with Crippen LogP contribution in [0.4, 0.5) is 0 Å². The molecule has 3 heteroatoms. The van der Waals surface area contributed by atoms with E-state index in [1.807, 2.05) is 0 Å². The van der Waals surface area contributed by atoms with E-state index in [4.69, 9.17) is 0 Å². The summed E-state index contributed by atoms with van der Waals surface area (Å²) in [5.41, 5.74) is 0. The van der Waals surface area contributed by atoms with Crippen molar-refractivity contribution in [2.45, 2.75) is 87.5 Å². The van der Waals surface area contributed by atoms with Crippen molar-refractivity contribution >= 4 is 11.8 Å². The number of hydrogen-bond donors (Lipinski definition) is 0. The Morgan fingerprint density at radius 2 is 1.24 bits per heavy atom. The highest BCUT2D eigenvalue weighted by molar-refractivity contribution is 5.79. The van der Waals surface area contributed by atoms with Crippen LogP contribution < -0.4 is 0 Å². The monoisotopic (exact) mass is 302 g/mol. The Bertz CT molecular complexity index is 213. The molecule has 21 heavy (non-hydrogen) atoms. The second kappa shape index (κ2) is 19.1. The zero-order chi connectivity index (χ0) is 17.3. The molecule has 0 aromatic heterocycles. The quantitative estimate of drug-likeness (QED) is 0.590. The minimum atomic E-state index is -0.416. The maximum Gasteiger partial charge on any atom is 0.303 e. The van der Waals surface area contributed by atoms with Crippen LogP contribution in [-0.2, 0) is 14.3 Å². The molecule has 3 nitrogen and oxygen atoms in total. The van der Waals surface area contributed by atoms with E-state index in [1.165, 1.54) is 46.0 Å². The highest BCUT2D eigenvalue weighted by Crippen LogP contribution is 2.16. The van der Waals surface area contributed by atoms with Crippen LogP contribution in [0.25, 0.3) is 0 Å². The van der Waals surface area contributed by atoms with Gasteiger partial charge < -0.3 is 4.74 Å². The van der Waals surface area contributed by atoms with E-state index in [0.717, 1.165) is 11.8 Å². The lowest BCUT2D eigenvalue weighted by atomic mass is 9.94. The van der Waals surface area contributed by atoms with Gasteiger partial charge in [-0.15, -0.1) is 0 Å². The third-order valence-corrected chi connectivity index (χ3v) is 3.18. The Hall–Kier alpha value is -0.860. The van der Waals surface area contributed by atoms with Crippen molar-refractivity contribution in [3.05, 3.63) is 0 Å². The van der Waals surface area contributed by atoms with E-state index in [-0.39, 0.29) is 12.4 Å². The lowest BCUT2D eigenvalue weighted by Crippen LogP contribution is -2.07. The van der Waals surface area contributed by atoms with Gasteiger partial charge in [-0.2, -0.15) is 0 Å². The molecule has 0 radical (unpaired) electrons. The molecule has 2 atom stereocenters. The van der Waals surface area contributed by atoms with Gasteiger partial charge in [-0.1, -0.05) is 67.2 Å². The van der Waals surface area contributed by atoms with Crippen molar-refractivity contribution in [2.24, 2.45) is 11.8 Å². The van der Waals surface area contributed by atoms with Gasteiger partial charge in [0.25, 0.3) is 0 Å². The Morgan fingerprint density at radius 3 is 1.38 bits per heavy atom. The number of Topliss-reactive ketones (excluding diaryl/α,β-unsaturated/α-hetero) is 1. The standard InChI is InChI=1S/C9H20.C5H8O3.C4H10/c1-5-8(3)7-9(4)6-2;1-4(6)3-8-5(2)7;1-3-4-2/h8-9H,5-7H2,1-4H3;3H2,1-2H3;3-4H2,1-2H3. The first-order valence-corrected chi connectivity index (χ1v) is 8.37. The maximum atomic E-state index is 10.1. The van der Waals surface area contributed by atoms with Gasteiger partial charge in [-0.05, 0) is 25.2 Å². The lowest BCUT2D eigenvalue weighted by molar-refractivity contribution is -0.145. The first-order chi connectivity index (χ1) is 9.74. The first kappa shape index (κ1) is 25.1. The van der Waals surface area contributed by atoms with Crippen LogP contribution in [0.3, 0.4) is 0 Å². The molecule has 0 saturated heterocycles. The average Bonchev–Trinajstić information content (AvgIpc) is 2.45. The predicted octanol–water partition coefficient (Wildman–Crippen LogP) is 5.41. The molecule has 0 bridgehead atoms. The summed E-state index contributed by atoms with van der Waals surface area (Å²) in [6, 6.07) is 0. The SMILES string of the molecule is CC(=O)COC(C)=O.CCC(C)CC(C)CC.CCCC. The highest BCUT2D eigenvalue weighted by Gasteiger charge is 2.03. The van der Waals surface area contributed by atoms with Gasteiger partial charge in [0.15, 0.2) is 5.78 Å². The van der Waals surface area contributed by atoms with E-state index in [1.54, 1.807) is 0 Å². The zero-order valence-electron chi connectivity index (χ0n) is 15.6. The molecule has 0 amide bonds. The normalized spacial score (nSPS) is 12.0. The van der Waals surface area contributed by atoms with Crippen molar-refractivity contribution in [3.8, 4) is 0 Å². The zero-order valence-corrected chi connectivity index (χ0v) is 15.6. The van der Waals surface area contributed by atoms with Crippen LogP contribution in [0.15, 0.2) is 0 Å². The molecule has 0 rings (SSSR count). The van der Waals surface area contributed by atoms with Gasteiger partial charge in [0.05, 0.1) is 0 Å². The van der Waals surface area contributed by atoms with Crippen LogP contribution in [0.1, 0.15) is 87.5 Å². The topological polar surface area (TPSA) is 43.4 Å². The fraction of sp³-hybridized carbons (Fsp3) is 0.889. The predicted molar refractivity (Wildman–Crippen MR) is 91.4 cm³/mol. The van der Waals surface area contributed by atoms with Crippen molar-refractivity contribution in [1.82, 2.24) is 0 Å². The number of esters is 1. The van der Waals surface area contributed by atoms with E-state index >= 15 is 0 Å². The van der Waals surface area contributed by atoms with Crippen molar-refractivity contribution in [3.63, 3.8) is 0 Å². The molecule has 0 spiro atoms. The number of ketones is 1. The summed E-state index contributed by atoms with van der Waals surface area (Å²) >= 11 is 0. The van der Waals surface area contributed by atoms with Crippen LogP contribution in [0, 0.1) is 11.8 Å². The largest absolute Gasteiger partial charge is 0.458 e. The summed E-state index contributed by atoms with van der Waals surface area (Å²) in [7, 11) is 0. The minimum absolute atomic E-state index is 0.102. The number of hydrogen-bond acceptors (Lipinski definition) is 3. The maximum absolute atomic E-state index is 10.1. The van der Waals surface area contributed by atoms with E-state index in [9.17, 15) is 9.59 Å². The first-order valence-electron chi connectivity index (χ1n) is 8.37. The van der Waals surface area contributed by atoms with Crippen LogP contribution >= 0.6 is 0 Å². The molecular weight excluding hydrogens is 264 g/mol. The molecule has 128 valence electrons. The molecule has 0 aromatic rings. The Morgan fingerprint density at radius 1 is 0.857 bits per heavy atom. The molecule has 0 heterocycles. The summed E-state index contributed by atoms with van der Waals surface area (Å²) in [5, 5.41) is 0. The van der Waals surface area contributed by atoms with Gasteiger partial charge in [0.2, 0.25) is 0 Å². The van der Waals surface area contributed by atoms with Crippen molar-refractivity contribution in [1.29, 1.82) is 0 Å². The van der Waals surface area contributed by atoms with E-state index in [0.29, 0.717) is 0 Å². The Balaban J connectivity index is -0.000000249. The van der Waals surface area contributed by atoms with Crippen molar-refractivity contribution < 1.29 is 14.3 Å². The molecule has 0 fully saturated rings. The summed E-state index contributed by atoms with van der Waals surface area (Å²) in [6.45, 7) is 16.1. The Kier molecular flexibility index (Phi) is 22.9. The molecule has 0 aliphatic rings. The number of unbranched alkanes of at least 4 members (excludes halogenated alkanes) is 1. The highest BCUT2D eigenvalue weighted by atomic mass is 16.5. The molecule has 0 aromatic carbocycles. The summed E-state index contributed by atoms with van der Waals surface area (Å²) in [5.74, 6) is 1.31. The molecule has 2 unspecified atom stereocenters. The van der Waals surface area contributed by atoms with Gasteiger partial charge >= 0.3 is 5.97 Å². The number of carbonyl (C=O) groups excluding carboxylic acids is 2. The molecule has 0 N–H and O–H groups in total. The molecular formula is C18H38O3. The second-order valence-corrected chi connectivity index (χ2v) is 5.74. The summed E-state index contributed by atoms with van der Waals surface area (Å²) in [4.78, 5) is 20.0. The van der Waals surface area contributed by atoms with Gasteiger partial charge in [-0.3, -0.25) is 9.59 Å². The van der Waals surface area contributed by atoms with Crippen molar-refractivity contribution in [2.75, 3.05) is 6.61 Å². The van der Waals surface area contributed by atoms with Gasteiger partial charge in [-0.25, -0.2) is 0 Å². The fourth-order valence-corrected chi connectivity index (χ4v) is 1.22.